The van der Waals surface area contributed by atoms with Gasteiger partial charge in [-0.3, -0.25) is 9.80 Å². The van der Waals surface area contributed by atoms with Crippen molar-refractivity contribution in [2.45, 2.75) is 57.5 Å². The van der Waals surface area contributed by atoms with Crippen LogP contribution in [0.5, 0.6) is 0 Å². The summed E-state index contributed by atoms with van der Waals surface area (Å²) in [4.78, 5) is 33.4. The van der Waals surface area contributed by atoms with Gasteiger partial charge in [-0.25, -0.2) is 9.78 Å². The van der Waals surface area contributed by atoms with E-state index in [0.717, 1.165) is 91.5 Å². The van der Waals surface area contributed by atoms with E-state index in [-0.39, 0.29) is 11.6 Å². The smallest absolute Gasteiger partial charge is 0.331 e. The van der Waals surface area contributed by atoms with E-state index in [1.54, 1.807) is 0 Å². The number of aromatic nitrogens is 2. The maximum atomic E-state index is 14.6. The molecule has 0 unspecified atom stereocenters. The number of fused-ring (bicyclic) bond motifs is 1. The quantitative estimate of drug-likeness (QED) is 0.399. The number of likely N-dealkylation sites (N-methyl/N-ethyl adjacent to an activating group) is 1. The molecule has 2 aromatic carbocycles. The number of piperazine rings is 1. The van der Waals surface area contributed by atoms with Crippen LogP contribution in [0.15, 0.2) is 54.7 Å². The van der Waals surface area contributed by atoms with Gasteiger partial charge in [0.05, 0.1) is 12.1 Å². The Labute approximate surface area is 248 Å². The summed E-state index contributed by atoms with van der Waals surface area (Å²) in [5.41, 5.74) is 5.15. The monoisotopic (exact) mass is 563 g/mol. The third-order valence-corrected chi connectivity index (χ3v) is 10.7. The van der Waals surface area contributed by atoms with E-state index in [1.165, 1.54) is 24.9 Å². The average Bonchev–Trinajstić information content (AvgIpc) is 2.97. The second-order valence-corrected chi connectivity index (χ2v) is 13.6. The van der Waals surface area contributed by atoms with Crippen LogP contribution in [-0.2, 0) is 6.54 Å². The number of para-hydroxylation sites is 1. The summed E-state index contributed by atoms with van der Waals surface area (Å²) in [5, 5.41) is 3.45. The topological polar surface area (TPSA) is 67.8 Å². The van der Waals surface area contributed by atoms with Gasteiger partial charge in [0.1, 0.15) is 5.82 Å². The minimum Gasteiger partial charge on any atom is -0.369 e. The first-order valence-corrected chi connectivity index (χ1v) is 15.8. The first-order chi connectivity index (χ1) is 20.4. The number of rotatable bonds is 5. The van der Waals surface area contributed by atoms with E-state index >= 15 is 0 Å². The van der Waals surface area contributed by atoms with Crippen LogP contribution in [0.25, 0.3) is 0 Å². The number of hydrogen-bond acceptors (Lipinski definition) is 6. The van der Waals surface area contributed by atoms with Crippen molar-refractivity contribution in [1.29, 1.82) is 0 Å². The summed E-state index contributed by atoms with van der Waals surface area (Å²) in [6, 6.07) is 16.9. The number of hydrogen-bond donors (Lipinski definition) is 1. The Morgan fingerprint density at radius 3 is 2.21 bits per heavy atom. The van der Waals surface area contributed by atoms with Gasteiger partial charge < -0.3 is 15.1 Å². The van der Waals surface area contributed by atoms with Crippen LogP contribution in [0.4, 0.5) is 33.6 Å². The molecule has 4 bridgehead atoms. The van der Waals surface area contributed by atoms with E-state index in [2.05, 4.69) is 70.4 Å². The Bertz CT molecular complexity index is 1460. The van der Waals surface area contributed by atoms with Crippen LogP contribution < -0.4 is 20.0 Å². The van der Waals surface area contributed by atoms with Crippen molar-refractivity contribution in [3.05, 3.63) is 65.9 Å². The molecule has 3 aromatic rings. The maximum Gasteiger partial charge on any atom is 0.331 e. The number of urea groups is 1. The molecular weight excluding hydrogens is 522 g/mol. The number of amides is 2. The molecule has 4 saturated carbocycles. The van der Waals surface area contributed by atoms with E-state index in [9.17, 15) is 4.79 Å². The van der Waals surface area contributed by atoms with E-state index in [1.807, 2.05) is 23.2 Å². The molecule has 1 saturated heterocycles. The highest BCUT2D eigenvalue weighted by molar-refractivity contribution is 6.07. The Hall–Kier alpha value is -3.65. The number of nitrogens with zero attached hydrogens (tertiary/aromatic N) is 6. The highest BCUT2D eigenvalue weighted by Gasteiger charge is 2.57. The van der Waals surface area contributed by atoms with Gasteiger partial charge >= 0.3 is 6.03 Å². The molecule has 0 spiro atoms. The zero-order chi connectivity index (χ0) is 28.4. The Morgan fingerprint density at radius 1 is 0.881 bits per heavy atom. The second-order valence-electron chi connectivity index (χ2n) is 13.6. The summed E-state index contributed by atoms with van der Waals surface area (Å²) in [6.07, 6.45) is 9.20. The van der Waals surface area contributed by atoms with Gasteiger partial charge in [0.2, 0.25) is 5.95 Å². The molecule has 5 fully saturated rings. The van der Waals surface area contributed by atoms with Crippen LogP contribution in [0.1, 0.15) is 49.7 Å². The van der Waals surface area contributed by atoms with Gasteiger partial charge in [0.25, 0.3) is 0 Å². The molecule has 9 rings (SSSR count). The number of aryl methyl sites for hydroxylation is 1. The first-order valence-electron chi connectivity index (χ1n) is 15.8. The molecule has 6 aliphatic rings. The SMILES string of the molecule is Cc1ccccc1N1Cc2cnc(Nc3ccc(N4CCN(C)CC4)cc3)nc2N(C23CC4CC(CC(C4)C2)C3)C1=O. The molecule has 42 heavy (non-hydrogen) atoms. The van der Waals surface area contributed by atoms with Crippen LogP contribution in [-0.4, -0.2) is 59.7 Å². The van der Waals surface area contributed by atoms with Crippen LogP contribution in [0, 0.1) is 24.7 Å². The number of nitrogens with one attached hydrogen (secondary N) is 1. The second kappa shape index (κ2) is 9.97. The van der Waals surface area contributed by atoms with Crippen molar-refractivity contribution in [3.63, 3.8) is 0 Å². The molecule has 0 radical (unpaired) electrons. The van der Waals surface area contributed by atoms with Gasteiger partial charge in [-0.1, -0.05) is 18.2 Å². The molecule has 4 aliphatic carbocycles. The Morgan fingerprint density at radius 2 is 1.55 bits per heavy atom. The third kappa shape index (κ3) is 4.42. The lowest BCUT2D eigenvalue weighted by Crippen LogP contribution is -2.65. The van der Waals surface area contributed by atoms with Crippen molar-refractivity contribution in [3.8, 4) is 0 Å². The Kier molecular flexibility index (Phi) is 6.18. The molecule has 2 aliphatic heterocycles. The number of carbonyl (C=O) groups excluding carboxylic acids is 1. The fraction of sp³-hybridized carbons (Fsp3) is 0.500. The molecule has 1 aromatic heterocycles. The first kappa shape index (κ1) is 26.0. The van der Waals surface area contributed by atoms with Gasteiger partial charge in [-0.2, -0.15) is 4.98 Å². The standard InChI is InChI=1S/C34H41N7O/c1-23-5-3-4-6-30(23)40-22-27-21-35-32(36-28-7-9-29(10-8-28)39-13-11-38(2)12-14-39)37-31(27)41(33(40)42)34-18-24-15-25(19-34)17-26(16-24)20-34/h3-10,21,24-26H,11-20,22H2,1-2H3,(H,35,36,37). The molecule has 8 heteroatoms. The molecule has 8 nitrogen and oxygen atoms in total. The molecule has 2 amide bonds. The number of anilines is 5. The molecule has 3 heterocycles. The lowest BCUT2D eigenvalue weighted by atomic mass is 9.52. The summed E-state index contributed by atoms with van der Waals surface area (Å²) in [5.74, 6) is 3.52. The van der Waals surface area contributed by atoms with Crippen molar-refractivity contribution in [2.24, 2.45) is 17.8 Å². The Balaban J connectivity index is 1.13. The lowest BCUT2D eigenvalue weighted by Gasteiger charge is -2.61. The van der Waals surface area contributed by atoms with Gasteiger partial charge in [-0.15, -0.1) is 0 Å². The summed E-state index contributed by atoms with van der Waals surface area (Å²) in [6.45, 7) is 6.84. The number of benzene rings is 2. The minimum atomic E-state index is -0.155. The van der Waals surface area contributed by atoms with E-state index in [4.69, 9.17) is 9.97 Å². The zero-order valence-corrected chi connectivity index (χ0v) is 24.8. The largest absolute Gasteiger partial charge is 0.369 e. The van der Waals surface area contributed by atoms with Gasteiger partial charge in [-0.05, 0) is 106 Å². The van der Waals surface area contributed by atoms with Crippen LogP contribution in [0.3, 0.4) is 0 Å². The highest BCUT2D eigenvalue weighted by atomic mass is 16.2. The van der Waals surface area contributed by atoms with Crippen LogP contribution in [0.2, 0.25) is 0 Å². The predicted octanol–water partition coefficient (Wildman–Crippen LogP) is 6.20. The van der Waals surface area contributed by atoms with Crippen molar-refractivity contribution < 1.29 is 4.79 Å². The van der Waals surface area contributed by atoms with Crippen molar-refractivity contribution in [1.82, 2.24) is 14.9 Å². The maximum absolute atomic E-state index is 14.6. The van der Waals surface area contributed by atoms with Gasteiger partial charge in [0.15, 0.2) is 0 Å². The van der Waals surface area contributed by atoms with Crippen LogP contribution >= 0.6 is 0 Å². The highest BCUT2D eigenvalue weighted by Crippen LogP contribution is 2.59. The normalized spacial score (nSPS) is 28.8. The zero-order valence-electron chi connectivity index (χ0n) is 24.8. The predicted molar refractivity (Wildman–Crippen MR) is 168 cm³/mol. The molecular formula is C34H41N7O. The summed E-state index contributed by atoms with van der Waals surface area (Å²) < 4.78 is 0. The molecule has 1 N–H and O–H groups in total. The van der Waals surface area contributed by atoms with Crippen molar-refractivity contribution >= 4 is 34.9 Å². The average molecular weight is 564 g/mol. The summed E-state index contributed by atoms with van der Waals surface area (Å²) >= 11 is 0. The van der Waals surface area contributed by atoms with E-state index in [0.29, 0.717) is 12.5 Å². The van der Waals surface area contributed by atoms with Crippen molar-refractivity contribution in [2.75, 3.05) is 53.2 Å². The van der Waals surface area contributed by atoms with E-state index < -0.39 is 0 Å². The lowest BCUT2D eigenvalue weighted by molar-refractivity contribution is -0.000908. The summed E-state index contributed by atoms with van der Waals surface area (Å²) in [7, 11) is 2.18. The third-order valence-electron chi connectivity index (χ3n) is 10.7. The fourth-order valence-corrected chi connectivity index (χ4v) is 8.98. The van der Waals surface area contributed by atoms with Gasteiger partial charge in [0, 0.05) is 55.0 Å². The minimum absolute atomic E-state index is 0.0694. The fourth-order valence-electron chi connectivity index (χ4n) is 8.98. The molecule has 0 atom stereocenters. The molecule has 218 valence electrons. The number of carbonyl (C=O) groups is 1.